The molecule has 1 aromatic rings. The third kappa shape index (κ3) is 1.92. The number of fused-ring (bicyclic) bond motifs is 3. The zero-order valence-electron chi connectivity index (χ0n) is 11.1. The van der Waals surface area contributed by atoms with Crippen molar-refractivity contribution in [1.82, 2.24) is 10.3 Å². The van der Waals surface area contributed by atoms with Crippen LogP contribution < -0.4 is 19.9 Å². The van der Waals surface area contributed by atoms with Crippen molar-refractivity contribution in [2.45, 2.75) is 18.9 Å². The van der Waals surface area contributed by atoms with Crippen LogP contribution in [0.4, 0.5) is 11.5 Å². The Bertz CT molecular complexity index is 475. The Morgan fingerprint density at radius 2 is 2.26 bits per heavy atom. The second kappa shape index (κ2) is 4.56. The Kier molecular flexibility index (Phi) is 2.72. The number of pyridine rings is 1. The van der Waals surface area contributed by atoms with Crippen molar-refractivity contribution in [2.75, 3.05) is 49.1 Å². The molecular formula is C14H20N4O. The maximum atomic E-state index is 5.94. The van der Waals surface area contributed by atoms with Gasteiger partial charge in [-0.05, 0) is 6.42 Å². The Balaban J connectivity index is 1.68. The minimum Gasteiger partial charge on any atom is -0.490 e. The maximum Gasteiger partial charge on any atom is 0.171 e. The van der Waals surface area contributed by atoms with E-state index < -0.39 is 0 Å². The molecule has 2 fully saturated rings. The fraction of sp³-hybridized carbons (Fsp3) is 0.643. The lowest BCUT2D eigenvalue weighted by Crippen LogP contribution is -2.51. The topological polar surface area (TPSA) is 40.6 Å². The average Bonchev–Trinajstić information content (AvgIpc) is 2.55. The van der Waals surface area contributed by atoms with Crippen molar-refractivity contribution < 1.29 is 4.74 Å². The van der Waals surface area contributed by atoms with Gasteiger partial charge >= 0.3 is 0 Å². The molecule has 4 heterocycles. The Hall–Kier alpha value is -1.49. The molecule has 5 heteroatoms. The van der Waals surface area contributed by atoms with Crippen molar-refractivity contribution >= 4 is 11.5 Å². The molecule has 1 aromatic heterocycles. The Morgan fingerprint density at radius 1 is 1.32 bits per heavy atom. The van der Waals surface area contributed by atoms with Crippen LogP contribution in [-0.4, -0.2) is 50.4 Å². The van der Waals surface area contributed by atoms with Crippen molar-refractivity contribution in [3.8, 4) is 5.75 Å². The minimum atomic E-state index is 0.525. The highest BCUT2D eigenvalue weighted by molar-refractivity contribution is 5.62. The van der Waals surface area contributed by atoms with Gasteiger partial charge in [-0.3, -0.25) is 0 Å². The largest absolute Gasteiger partial charge is 0.490 e. The fourth-order valence-electron chi connectivity index (χ4n) is 3.10. The molecule has 1 unspecified atom stereocenters. The molecule has 1 N–H and O–H groups in total. The molecule has 0 radical (unpaired) electrons. The van der Waals surface area contributed by atoms with Gasteiger partial charge in [0.2, 0.25) is 0 Å². The van der Waals surface area contributed by atoms with Gasteiger partial charge < -0.3 is 19.9 Å². The molecule has 19 heavy (non-hydrogen) atoms. The van der Waals surface area contributed by atoms with Gasteiger partial charge in [0.1, 0.15) is 0 Å². The molecular weight excluding hydrogens is 240 g/mol. The first-order valence-corrected chi connectivity index (χ1v) is 7.27. The predicted octanol–water partition coefficient (Wildman–Crippen LogP) is 0.852. The Labute approximate surface area is 113 Å². The number of aromatic nitrogens is 1. The van der Waals surface area contributed by atoms with E-state index in [1.807, 2.05) is 6.20 Å². The summed E-state index contributed by atoms with van der Waals surface area (Å²) in [6.07, 6.45) is 4.37. The molecule has 102 valence electrons. The normalized spacial score (nSPS) is 25.8. The lowest BCUT2D eigenvalue weighted by molar-refractivity contribution is 0.303. The number of hydrogen-bond acceptors (Lipinski definition) is 5. The van der Waals surface area contributed by atoms with Gasteiger partial charge in [-0.1, -0.05) is 0 Å². The van der Waals surface area contributed by atoms with Gasteiger partial charge in [0.05, 0.1) is 18.5 Å². The fourth-order valence-corrected chi connectivity index (χ4v) is 3.10. The van der Waals surface area contributed by atoms with E-state index in [1.54, 1.807) is 0 Å². The molecule has 0 aliphatic carbocycles. The number of hydrogen-bond donors (Lipinski definition) is 1. The summed E-state index contributed by atoms with van der Waals surface area (Å²) in [6, 6.07) is 2.70. The summed E-state index contributed by atoms with van der Waals surface area (Å²) < 4.78 is 5.94. The van der Waals surface area contributed by atoms with Gasteiger partial charge in [-0.15, -0.1) is 0 Å². The molecule has 0 aromatic carbocycles. The van der Waals surface area contributed by atoms with E-state index in [4.69, 9.17) is 9.72 Å². The van der Waals surface area contributed by atoms with E-state index in [0.717, 1.165) is 57.3 Å². The van der Waals surface area contributed by atoms with E-state index in [-0.39, 0.29) is 0 Å². The van der Waals surface area contributed by atoms with Crippen LogP contribution in [0.5, 0.6) is 5.75 Å². The number of rotatable bonds is 1. The Morgan fingerprint density at radius 3 is 3.11 bits per heavy atom. The first-order valence-electron chi connectivity index (χ1n) is 7.27. The van der Waals surface area contributed by atoms with Crippen LogP contribution >= 0.6 is 0 Å². The molecule has 0 bridgehead atoms. The smallest absolute Gasteiger partial charge is 0.171 e. The molecule has 3 aliphatic heterocycles. The summed E-state index contributed by atoms with van der Waals surface area (Å²) in [4.78, 5) is 9.47. The van der Waals surface area contributed by atoms with Crippen LogP contribution in [0.1, 0.15) is 12.8 Å². The van der Waals surface area contributed by atoms with Crippen LogP contribution in [-0.2, 0) is 0 Å². The van der Waals surface area contributed by atoms with Crippen LogP contribution in [0.2, 0.25) is 0 Å². The number of nitrogens with one attached hydrogen (secondary N) is 1. The molecule has 0 amide bonds. The van der Waals surface area contributed by atoms with Crippen LogP contribution in [0.15, 0.2) is 12.3 Å². The monoisotopic (exact) mass is 260 g/mol. The first kappa shape index (κ1) is 11.3. The summed E-state index contributed by atoms with van der Waals surface area (Å²) in [5.74, 6) is 2.00. The molecule has 2 saturated heterocycles. The van der Waals surface area contributed by atoms with E-state index in [0.29, 0.717) is 6.04 Å². The zero-order chi connectivity index (χ0) is 12.7. The molecule has 0 spiro atoms. The predicted molar refractivity (Wildman–Crippen MR) is 75.2 cm³/mol. The van der Waals surface area contributed by atoms with E-state index in [1.165, 1.54) is 12.1 Å². The summed E-state index contributed by atoms with van der Waals surface area (Å²) in [7, 11) is 0. The van der Waals surface area contributed by atoms with Gasteiger partial charge in [-0.25, -0.2) is 4.98 Å². The van der Waals surface area contributed by atoms with Crippen molar-refractivity contribution in [1.29, 1.82) is 0 Å². The highest BCUT2D eigenvalue weighted by Crippen LogP contribution is 2.35. The van der Waals surface area contributed by atoms with Crippen LogP contribution in [0, 0.1) is 0 Å². The summed E-state index contributed by atoms with van der Waals surface area (Å²) in [6.45, 7) is 6.19. The number of anilines is 2. The standard InChI is InChI=1S/C14H20N4O/c1-4-17(5-1)12-8-13-14(16-10-12)18-6-3-15-9-11(18)2-7-19-13/h8,10-11,15H,1-7,9H2. The molecule has 3 aliphatic rings. The SMILES string of the molecule is c1nc2c(cc1N1CCC1)OCCC1CNCCN21. The zero-order valence-corrected chi connectivity index (χ0v) is 11.1. The molecule has 4 rings (SSSR count). The van der Waals surface area contributed by atoms with Gasteiger partial charge in [0.15, 0.2) is 11.6 Å². The van der Waals surface area contributed by atoms with Gasteiger partial charge in [0, 0.05) is 51.3 Å². The summed E-state index contributed by atoms with van der Waals surface area (Å²) in [5, 5.41) is 3.46. The number of ether oxygens (including phenoxy) is 1. The second-order valence-electron chi connectivity index (χ2n) is 5.54. The lowest BCUT2D eigenvalue weighted by Gasteiger charge is -2.36. The highest BCUT2D eigenvalue weighted by Gasteiger charge is 2.29. The van der Waals surface area contributed by atoms with E-state index in [9.17, 15) is 0 Å². The van der Waals surface area contributed by atoms with Crippen molar-refractivity contribution in [3.63, 3.8) is 0 Å². The minimum absolute atomic E-state index is 0.525. The maximum absolute atomic E-state index is 5.94. The molecule has 1 atom stereocenters. The third-order valence-corrected chi connectivity index (χ3v) is 4.37. The molecule has 0 saturated carbocycles. The number of piperazine rings is 1. The van der Waals surface area contributed by atoms with Crippen molar-refractivity contribution in [2.24, 2.45) is 0 Å². The van der Waals surface area contributed by atoms with Gasteiger partial charge in [0.25, 0.3) is 0 Å². The first-order chi connectivity index (χ1) is 9.42. The van der Waals surface area contributed by atoms with Gasteiger partial charge in [-0.2, -0.15) is 0 Å². The second-order valence-corrected chi connectivity index (χ2v) is 5.54. The van der Waals surface area contributed by atoms with Crippen LogP contribution in [0.25, 0.3) is 0 Å². The summed E-state index contributed by atoms with van der Waals surface area (Å²) in [5.41, 5.74) is 1.21. The quantitative estimate of drug-likeness (QED) is 0.811. The number of nitrogens with zero attached hydrogens (tertiary/aromatic N) is 3. The summed E-state index contributed by atoms with van der Waals surface area (Å²) >= 11 is 0. The van der Waals surface area contributed by atoms with Crippen LogP contribution in [0.3, 0.4) is 0 Å². The third-order valence-electron chi connectivity index (χ3n) is 4.37. The lowest BCUT2D eigenvalue weighted by atomic mass is 10.1. The van der Waals surface area contributed by atoms with Crippen molar-refractivity contribution in [3.05, 3.63) is 12.3 Å². The highest BCUT2D eigenvalue weighted by atomic mass is 16.5. The van der Waals surface area contributed by atoms with E-state index >= 15 is 0 Å². The molecule has 5 nitrogen and oxygen atoms in total. The average molecular weight is 260 g/mol. The van der Waals surface area contributed by atoms with E-state index in [2.05, 4.69) is 21.2 Å².